The number of rotatable bonds is 0. The molecule has 1 saturated heterocycles. The van der Waals surface area contributed by atoms with E-state index in [-0.39, 0.29) is 30.6 Å². The Morgan fingerprint density at radius 1 is 1.50 bits per heavy atom. The van der Waals surface area contributed by atoms with Crippen LogP contribution in [-0.2, 0) is 9.59 Å². The lowest BCUT2D eigenvalue weighted by atomic mass is 10.3. The Bertz CT molecular complexity index is 204. The van der Waals surface area contributed by atoms with Crippen LogP contribution in [-0.4, -0.2) is 15.7 Å². The minimum atomic E-state index is -0.333. The largest absolute Gasteiger partial charge is 0.273 e. The van der Waals surface area contributed by atoms with E-state index in [1.165, 1.54) is 0 Å². The van der Waals surface area contributed by atoms with Gasteiger partial charge < -0.3 is 0 Å². The van der Waals surface area contributed by atoms with E-state index >= 15 is 0 Å². The number of imide groups is 1. The second-order valence-electron chi connectivity index (χ2n) is 1.76. The summed E-state index contributed by atoms with van der Waals surface area (Å²) >= 11 is 2.78. The third kappa shape index (κ3) is 1.38. The van der Waals surface area contributed by atoms with Crippen LogP contribution >= 0.6 is 28.6 Å². The van der Waals surface area contributed by atoms with Gasteiger partial charge in [0.25, 0.3) is 5.91 Å². The highest BCUT2D eigenvalue weighted by Gasteiger charge is 2.30. The number of halogens is 2. The molecular weight excluding hydrogens is 221 g/mol. The Kier molecular flexibility index (Phi) is 3.05. The predicted octanol–water partition coefficient (Wildman–Crippen LogP) is 1.03. The van der Waals surface area contributed by atoms with Crippen LogP contribution < -0.4 is 0 Å². The fraction of sp³-hybridized carbons (Fsp3) is 0.200. The summed E-state index contributed by atoms with van der Waals surface area (Å²) in [4.78, 5) is 21.3. The minimum Gasteiger partial charge on any atom is -0.273 e. The molecule has 3 nitrogen and oxygen atoms in total. The summed E-state index contributed by atoms with van der Waals surface area (Å²) in [5, 5.41) is 0. The molecule has 0 saturated carbocycles. The molecule has 0 aromatic carbocycles. The van der Waals surface area contributed by atoms with Gasteiger partial charge in [-0.15, -0.1) is 12.4 Å². The molecule has 56 valence electrons. The van der Waals surface area contributed by atoms with Crippen molar-refractivity contribution in [3.8, 4) is 0 Å². The van der Waals surface area contributed by atoms with Crippen molar-refractivity contribution in [3.63, 3.8) is 0 Å². The Balaban J connectivity index is 0.000000810. The molecule has 0 aromatic heterocycles. The standard InChI is InChI=1S/C5H4BrNO2.ClH/c1-3-2-4(8)7(6)5(3)9;/h1-2H2;1H. The second-order valence-corrected chi connectivity index (χ2v) is 2.47. The minimum absolute atomic E-state index is 0. The average Bonchev–Trinajstić information content (AvgIpc) is 1.98. The molecule has 10 heavy (non-hydrogen) atoms. The monoisotopic (exact) mass is 225 g/mol. The van der Waals surface area contributed by atoms with Gasteiger partial charge in [-0.3, -0.25) is 9.59 Å². The van der Waals surface area contributed by atoms with Crippen molar-refractivity contribution in [1.82, 2.24) is 3.93 Å². The van der Waals surface area contributed by atoms with Gasteiger partial charge in [0.15, 0.2) is 0 Å². The lowest BCUT2D eigenvalue weighted by Gasteiger charge is -1.97. The Morgan fingerprint density at radius 3 is 2.10 bits per heavy atom. The fourth-order valence-electron chi connectivity index (χ4n) is 0.580. The van der Waals surface area contributed by atoms with Crippen molar-refractivity contribution in [3.05, 3.63) is 12.2 Å². The summed E-state index contributed by atoms with van der Waals surface area (Å²) < 4.78 is 0.898. The molecule has 0 N–H and O–H groups in total. The topological polar surface area (TPSA) is 37.4 Å². The normalized spacial score (nSPS) is 17.7. The molecule has 0 aromatic rings. The molecule has 1 aliphatic rings. The highest BCUT2D eigenvalue weighted by Crippen LogP contribution is 2.19. The Labute approximate surface area is 72.8 Å². The molecule has 0 aliphatic carbocycles. The fourth-order valence-corrected chi connectivity index (χ4v) is 0.956. The molecule has 0 spiro atoms. The highest BCUT2D eigenvalue weighted by atomic mass is 79.9. The van der Waals surface area contributed by atoms with Crippen molar-refractivity contribution in [1.29, 1.82) is 0 Å². The molecule has 5 heteroatoms. The van der Waals surface area contributed by atoms with Crippen molar-refractivity contribution >= 4 is 40.4 Å². The first-order valence-corrected chi connectivity index (χ1v) is 3.04. The number of carbonyl (C=O) groups excluding carboxylic acids is 2. The van der Waals surface area contributed by atoms with Gasteiger partial charge in [-0.1, -0.05) is 6.58 Å². The molecule has 0 bridgehead atoms. The van der Waals surface area contributed by atoms with Gasteiger partial charge in [0.05, 0.1) is 22.6 Å². The first-order valence-electron chi connectivity index (χ1n) is 2.34. The van der Waals surface area contributed by atoms with Crippen molar-refractivity contribution in [2.75, 3.05) is 0 Å². The molecule has 0 atom stereocenters. The summed E-state index contributed by atoms with van der Waals surface area (Å²) in [5.74, 6) is -0.579. The van der Waals surface area contributed by atoms with Crippen LogP contribution in [0.2, 0.25) is 0 Å². The zero-order chi connectivity index (χ0) is 7.02. The van der Waals surface area contributed by atoms with Crippen LogP contribution in [0.3, 0.4) is 0 Å². The molecule has 0 radical (unpaired) electrons. The average molecular weight is 226 g/mol. The van der Waals surface area contributed by atoms with Crippen LogP contribution in [0.25, 0.3) is 0 Å². The lowest BCUT2D eigenvalue weighted by molar-refractivity contribution is -0.130. The van der Waals surface area contributed by atoms with Gasteiger partial charge in [0.2, 0.25) is 5.91 Å². The second kappa shape index (κ2) is 3.16. The maximum absolute atomic E-state index is 10.7. The Morgan fingerprint density at radius 2 is 2.00 bits per heavy atom. The van der Waals surface area contributed by atoms with Crippen LogP contribution in [0.1, 0.15) is 6.42 Å². The maximum Gasteiger partial charge on any atom is 0.266 e. The maximum atomic E-state index is 10.7. The molecule has 1 rings (SSSR count). The number of hydrogen-bond acceptors (Lipinski definition) is 2. The first-order chi connectivity index (χ1) is 4.13. The zero-order valence-corrected chi connectivity index (χ0v) is 7.37. The van der Waals surface area contributed by atoms with Gasteiger partial charge in [0, 0.05) is 5.57 Å². The quantitative estimate of drug-likeness (QED) is 0.351. The van der Waals surface area contributed by atoms with Gasteiger partial charge in [-0.05, 0) is 0 Å². The van der Waals surface area contributed by atoms with Crippen molar-refractivity contribution < 1.29 is 9.59 Å². The number of nitrogens with zero attached hydrogens (tertiary/aromatic N) is 1. The van der Waals surface area contributed by atoms with Crippen LogP contribution in [0.4, 0.5) is 0 Å². The number of amides is 2. The summed E-state index contributed by atoms with van der Waals surface area (Å²) in [6.45, 7) is 3.39. The third-order valence-corrected chi connectivity index (χ3v) is 1.78. The summed E-state index contributed by atoms with van der Waals surface area (Å²) in [6, 6.07) is 0. The molecule has 1 heterocycles. The zero-order valence-electron chi connectivity index (χ0n) is 4.96. The first kappa shape index (κ1) is 9.65. The molecule has 1 fully saturated rings. The summed E-state index contributed by atoms with van der Waals surface area (Å²) in [5.41, 5.74) is 0.344. The number of carbonyl (C=O) groups is 2. The summed E-state index contributed by atoms with van der Waals surface area (Å²) in [6.07, 6.45) is 0.143. The van der Waals surface area contributed by atoms with Gasteiger partial charge in [-0.2, -0.15) is 0 Å². The lowest BCUT2D eigenvalue weighted by Crippen LogP contribution is -2.16. The molecular formula is C5H5BrClNO2. The highest BCUT2D eigenvalue weighted by molar-refractivity contribution is 9.08. The summed E-state index contributed by atoms with van der Waals surface area (Å²) in [7, 11) is 0. The van der Waals surface area contributed by atoms with E-state index in [0.717, 1.165) is 3.93 Å². The van der Waals surface area contributed by atoms with Gasteiger partial charge >= 0.3 is 0 Å². The van der Waals surface area contributed by atoms with E-state index in [4.69, 9.17) is 0 Å². The number of hydrogen-bond donors (Lipinski definition) is 0. The predicted molar refractivity (Wildman–Crippen MR) is 41.8 cm³/mol. The smallest absolute Gasteiger partial charge is 0.266 e. The van der Waals surface area contributed by atoms with Gasteiger partial charge in [0.1, 0.15) is 0 Å². The molecule has 0 unspecified atom stereocenters. The Hall–Kier alpha value is -0.350. The van der Waals surface area contributed by atoms with E-state index in [1.54, 1.807) is 0 Å². The van der Waals surface area contributed by atoms with E-state index in [1.807, 2.05) is 0 Å². The van der Waals surface area contributed by atoms with Crippen molar-refractivity contribution in [2.45, 2.75) is 6.42 Å². The molecule has 2 amide bonds. The molecule has 1 aliphatic heterocycles. The third-order valence-electron chi connectivity index (χ3n) is 1.06. The van der Waals surface area contributed by atoms with E-state index in [2.05, 4.69) is 22.7 Å². The van der Waals surface area contributed by atoms with Gasteiger partial charge in [-0.25, -0.2) is 3.93 Å². The van der Waals surface area contributed by atoms with E-state index < -0.39 is 0 Å². The van der Waals surface area contributed by atoms with Crippen LogP contribution in [0, 0.1) is 0 Å². The van der Waals surface area contributed by atoms with E-state index in [9.17, 15) is 9.59 Å². The van der Waals surface area contributed by atoms with Crippen LogP contribution in [0.5, 0.6) is 0 Å². The van der Waals surface area contributed by atoms with E-state index in [0.29, 0.717) is 5.57 Å². The SMILES string of the molecule is C=C1CC(=O)N(Br)C1=O.Cl. The van der Waals surface area contributed by atoms with Crippen molar-refractivity contribution in [2.24, 2.45) is 0 Å². The van der Waals surface area contributed by atoms with Crippen LogP contribution in [0.15, 0.2) is 12.2 Å².